The summed E-state index contributed by atoms with van der Waals surface area (Å²) in [5.74, 6) is -0.356. The van der Waals surface area contributed by atoms with Gasteiger partial charge < -0.3 is 35.2 Å². The standard InChI is InChI=1S/C22H33N5O5/c1-25(2)8-7-24-21(29)19-13-31-14-20(28)27-11-16(23)10-17(27)12-32-18-6-4-5-15(9-18)22(30)26(19)3/h4-6,9,16-17,19H,7-8,10-14,23H2,1-3H3,(H,24,29)/t16-,17-,19-/m0/s1. The van der Waals surface area contributed by atoms with E-state index in [1.165, 1.54) is 4.90 Å². The van der Waals surface area contributed by atoms with E-state index >= 15 is 0 Å². The van der Waals surface area contributed by atoms with E-state index in [0.29, 0.717) is 37.4 Å². The number of ether oxygens (including phenoxy) is 2. The Morgan fingerprint density at radius 2 is 2.06 bits per heavy atom. The van der Waals surface area contributed by atoms with Crippen molar-refractivity contribution in [1.82, 2.24) is 20.0 Å². The summed E-state index contributed by atoms with van der Waals surface area (Å²) in [5, 5.41) is 2.84. The average Bonchev–Trinajstić information content (AvgIpc) is 3.14. The molecule has 2 aliphatic rings. The first-order chi connectivity index (χ1) is 15.3. The van der Waals surface area contributed by atoms with Crippen LogP contribution >= 0.6 is 0 Å². The van der Waals surface area contributed by atoms with Crippen LogP contribution in [0.4, 0.5) is 0 Å². The molecule has 2 heterocycles. The van der Waals surface area contributed by atoms with Gasteiger partial charge in [0.25, 0.3) is 5.91 Å². The third-order valence-corrected chi connectivity index (χ3v) is 5.74. The van der Waals surface area contributed by atoms with E-state index in [0.717, 1.165) is 0 Å². The van der Waals surface area contributed by atoms with Crippen molar-refractivity contribution < 1.29 is 23.9 Å². The number of hydrogen-bond acceptors (Lipinski definition) is 7. The molecule has 176 valence electrons. The van der Waals surface area contributed by atoms with Gasteiger partial charge in [-0.3, -0.25) is 14.4 Å². The Labute approximate surface area is 188 Å². The second-order valence-corrected chi connectivity index (χ2v) is 8.58. The maximum Gasteiger partial charge on any atom is 0.254 e. The molecule has 3 atom stereocenters. The molecule has 1 aromatic carbocycles. The quantitative estimate of drug-likeness (QED) is 0.617. The summed E-state index contributed by atoms with van der Waals surface area (Å²) >= 11 is 0. The number of nitrogens with zero attached hydrogens (tertiary/aromatic N) is 3. The molecule has 10 heteroatoms. The second-order valence-electron chi connectivity index (χ2n) is 8.58. The molecule has 1 saturated heterocycles. The molecule has 10 nitrogen and oxygen atoms in total. The average molecular weight is 448 g/mol. The van der Waals surface area contributed by atoms with Crippen molar-refractivity contribution in [1.29, 1.82) is 0 Å². The van der Waals surface area contributed by atoms with Crippen molar-refractivity contribution in [2.24, 2.45) is 5.73 Å². The first-order valence-corrected chi connectivity index (χ1v) is 10.8. The van der Waals surface area contributed by atoms with E-state index in [4.69, 9.17) is 15.2 Å². The maximum atomic E-state index is 13.1. The number of likely N-dealkylation sites (N-methyl/N-ethyl adjacent to an activating group) is 2. The monoisotopic (exact) mass is 447 g/mol. The fourth-order valence-electron chi connectivity index (χ4n) is 3.90. The largest absolute Gasteiger partial charge is 0.491 e. The van der Waals surface area contributed by atoms with Crippen LogP contribution in [0.5, 0.6) is 5.75 Å². The first-order valence-electron chi connectivity index (χ1n) is 10.8. The SMILES string of the molecule is CN(C)CCNC(=O)[C@@H]1COCC(=O)N2C[C@@H](N)C[C@H]2COc2cccc(c2)C(=O)N1C. The number of carbonyl (C=O) groups is 3. The van der Waals surface area contributed by atoms with Gasteiger partial charge >= 0.3 is 0 Å². The Bertz CT molecular complexity index is 833. The third-order valence-electron chi connectivity index (χ3n) is 5.74. The summed E-state index contributed by atoms with van der Waals surface area (Å²) in [6, 6.07) is 5.64. The van der Waals surface area contributed by atoms with E-state index in [9.17, 15) is 14.4 Å². The second kappa shape index (κ2) is 10.8. The zero-order valence-electron chi connectivity index (χ0n) is 19.0. The van der Waals surface area contributed by atoms with E-state index in [1.54, 1.807) is 36.2 Å². The van der Waals surface area contributed by atoms with E-state index in [1.807, 2.05) is 19.0 Å². The summed E-state index contributed by atoms with van der Waals surface area (Å²) in [6.45, 7) is 1.51. The first kappa shape index (κ1) is 24.0. The van der Waals surface area contributed by atoms with Crippen LogP contribution in [-0.4, -0.2) is 111 Å². The molecule has 0 unspecified atom stereocenters. The van der Waals surface area contributed by atoms with Gasteiger partial charge in [0.1, 0.15) is 25.0 Å². The van der Waals surface area contributed by atoms with Gasteiger partial charge in [-0.05, 0) is 38.7 Å². The number of carbonyl (C=O) groups excluding carboxylic acids is 3. The minimum absolute atomic E-state index is 0.0947. The Morgan fingerprint density at radius 3 is 2.81 bits per heavy atom. The van der Waals surface area contributed by atoms with Crippen LogP contribution in [0.2, 0.25) is 0 Å². The Kier molecular flexibility index (Phi) is 8.05. The molecule has 2 aliphatic heterocycles. The van der Waals surface area contributed by atoms with Crippen LogP contribution < -0.4 is 15.8 Å². The number of nitrogens with one attached hydrogen (secondary N) is 1. The highest BCUT2D eigenvalue weighted by Crippen LogP contribution is 2.21. The lowest BCUT2D eigenvalue weighted by atomic mass is 10.1. The van der Waals surface area contributed by atoms with Crippen molar-refractivity contribution in [3.8, 4) is 5.75 Å². The Hall–Kier alpha value is -2.69. The lowest BCUT2D eigenvalue weighted by molar-refractivity contribution is -0.139. The van der Waals surface area contributed by atoms with Crippen LogP contribution in [0.15, 0.2) is 24.3 Å². The highest BCUT2D eigenvalue weighted by Gasteiger charge is 2.35. The van der Waals surface area contributed by atoms with Gasteiger partial charge in [-0.15, -0.1) is 0 Å². The van der Waals surface area contributed by atoms with Crippen LogP contribution in [0, 0.1) is 0 Å². The van der Waals surface area contributed by atoms with Gasteiger partial charge in [-0.1, -0.05) is 6.07 Å². The number of rotatable bonds is 4. The normalized spacial score (nSPS) is 24.7. The summed E-state index contributed by atoms with van der Waals surface area (Å²) in [6.07, 6.45) is 0.629. The molecule has 0 radical (unpaired) electrons. The molecule has 3 N–H and O–H groups in total. The molecule has 3 amide bonds. The fourth-order valence-corrected chi connectivity index (χ4v) is 3.90. The number of hydrogen-bond donors (Lipinski definition) is 2. The molecule has 3 rings (SSSR count). The number of nitrogens with two attached hydrogens (primary N) is 1. The van der Waals surface area contributed by atoms with Crippen LogP contribution in [0.3, 0.4) is 0 Å². The number of fused-ring (bicyclic) bond motifs is 3. The van der Waals surface area contributed by atoms with Gasteiger partial charge in [0.2, 0.25) is 11.8 Å². The van der Waals surface area contributed by atoms with Gasteiger partial charge in [0.15, 0.2) is 0 Å². The molecule has 1 fully saturated rings. The topological polar surface area (TPSA) is 117 Å². The van der Waals surface area contributed by atoms with Gasteiger partial charge in [-0.25, -0.2) is 0 Å². The van der Waals surface area contributed by atoms with Crippen LogP contribution in [-0.2, 0) is 14.3 Å². The van der Waals surface area contributed by atoms with Crippen LogP contribution in [0.25, 0.3) is 0 Å². The van der Waals surface area contributed by atoms with Gasteiger partial charge in [0, 0.05) is 38.3 Å². The zero-order valence-corrected chi connectivity index (χ0v) is 19.0. The Morgan fingerprint density at radius 1 is 1.28 bits per heavy atom. The number of amides is 3. The molecular formula is C22H33N5O5. The van der Waals surface area contributed by atoms with Gasteiger partial charge in [0.05, 0.1) is 12.6 Å². The molecule has 0 spiro atoms. The highest BCUT2D eigenvalue weighted by atomic mass is 16.5. The summed E-state index contributed by atoms with van der Waals surface area (Å²) in [7, 11) is 5.37. The van der Waals surface area contributed by atoms with E-state index < -0.39 is 6.04 Å². The molecule has 2 bridgehead atoms. The van der Waals surface area contributed by atoms with Crippen molar-refractivity contribution in [2.75, 3.05) is 60.6 Å². The highest BCUT2D eigenvalue weighted by molar-refractivity contribution is 5.97. The van der Waals surface area contributed by atoms with E-state index in [2.05, 4.69) is 5.32 Å². The lowest BCUT2D eigenvalue weighted by Crippen LogP contribution is -2.51. The lowest BCUT2D eigenvalue weighted by Gasteiger charge is -2.29. The minimum atomic E-state index is -0.887. The summed E-state index contributed by atoms with van der Waals surface area (Å²) < 4.78 is 11.5. The number of benzene rings is 1. The summed E-state index contributed by atoms with van der Waals surface area (Å²) in [5.41, 5.74) is 6.49. The predicted octanol–water partition coefficient (Wildman–Crippen LogP) is -0.858. The van der Waals surface area contributed by atoms with Crippen molar-refractivity contribution in [2.45, 2.75) is 24.5 Å². The van der Waals surface area contributed by atoms with Crippen LogP contribution in [0.1, 0.15) is 16.8 Å². The molecular weight excluding hydrogens is 414 g/mol. The molecule has 0 saturated carbocycles. The molecule has 0 aromatic heterocycles. The van der Waals surface area contributed by atoms with E-state index in [-0.39, 0.29) is 49.6 Å². The third kappa shape index (κ3) is 5.96. The van der Waals surface area contributed by atoms with Crippen molar-refractivity contribution in [3.05, 3.63) is 29.8 Å². The molecule has 1 aromatic rings. The maximum absolute atomic E-state index is 13.1. The zero-order chi connectivity index (χ0) is 23.3. The predicted molar refractivity (Wildman–Crippen MR) is 118 cm³/mol. The molecule has 32 heavy (non-hydrogen) atoms. The smallest absolute Gasteiger partial charge is 0.254 e. The van der Waals surface area contributed by atoms with Crippen molar-refractivity contribution in [3.63, 3.8) is 0 Å². The minimum Gasteiger partial charge on any atom is -0.491 e. The fraction of sp³-hybridized carbons (Fsp3) is 0.591. The Balaban J connectivity index is 1.83. The van der Waals surface area contributed by atoms with Crippen molar-refractivity contribution >= 4 is 17.7 Å². The van der Waals surface area contributed by atoms with Gasteiger partial charge in [-0.2, -0.15) is 0 Å². The summed E-state index contributed by atoms with van der Waals surface area (Å²) in [4.78, 5) is 43.7. The molecule has 0 aliphatic carbocycles.